The summed E-state index contributed by atoms with van der Waals surface area (Å²) in [7, 11) is 0. The Morgan fingerprint density at radius 2 is 0.920 bits per heavy atom. The minimum absolute atomic E-state index is 0. The quantitative estimate of drug-likeness (QED) is 0.112. The number of alkyl halides is 5. The van der Waals surface area contributed by atoms with E-state index in [4.69, 9.17) is 0 Å². The molecule has 15 aromatic rings. The fourth-order valence-electron chi connectivity index (χ4n) is 15.1. The first-order chi connectivity index (χ1) is 45.6. The van der Waals surface area contributed by atoms with E-state index in [0.29, 0.717) is 33.5 Å². The van der Waals surface area contributed by atoms with Crippen molar-refractivity contribution in [2.45, 2.75) is 89.1 Å². The van der Waals surface area contributed by atoms with Crippen molar-refractivity contribution in [2.24, 2.45) is 0 Å². The van der Waals surface area contributed by atoms with Gasteiger partial charge in [0.2, 0.25) is 0 Å². The summed E-state index contributed by atoms with van der Waals surface area (Å²) in [6, 6.07) is 62.3. The summed E-state index contributed by atoms with van der Waals surface area (Å²) in [5.74, 6) is -3.01. The van der Waals surface area contributed by atoms with E-state index in [-0.39, 0.29) is 134 Å². The van der Waals surface area contributed by atoms with Gasteiger partial charge in [-0.1, -0.05) is 166 Å². The van der Waals surface area contributed by atoms with Crippen molar-refractivity contribution in [1.29, 1.82) is 0 Å². The second-order valence-corrected chi connectivity index (χ2v) is 28.1. The van der Waals surface area contributed by atoms with E-state index in [2.05, 4.69) is 184 Å². The van der Waals surface area contributed by atoms with Gasteiger partial charge in [-0.2, -0.15) is 57.8 Å². The summed E-state index contributed by atoms with van der Waals surface area (Å²) in [6.07, 6.45) is 4.45. The Hall–Kier alpha value is -6.77. The van der Waals surface area contributed by atoms with Crippen molar-refractivity contribution in [3.05, 3.63) is 290 Å². The topological polar surface area (TPSA) is 73.3 Å². The van der Waals surface area contributed by atoms with Gasteiger partial charge in [0.1, 0.15) is 0 Å². The fraction of sp³-hybridized carbons (Fsp3) is 0.173. The monoisotopic (exact) mass is 2250 g/mol. The third-order valence-electron chi connectivity index (χ3n) is 19.7. The number of pyridine rings is 7. The Morgan fingerprint density at radius 1 is 0.410 bits per heavy atom. The summed E-state index contributed by atoms with van der Waals surface area (Å²) in [4.78, 5) is 23.6. The normalized spacial score (nSPS) is 14.8. The van der Waals surface area contributed by atoms with E-state index in [1.807, 2.05) is 42.9 Å². The van der Waals surface area contributed by atoms with Gasteiger partial charge >= 0.3 is 6.18 Å². The minimum Gasteiger partial charge on any atom is -0.347 e. The molecule has 0 spiro atoms. The van der Waals surface area contributed by atoms with Crippen LogP contribution < -0.4 is 0 Å². The molecule has 100 heavy (non-hydrogen) atoms. The Balaban J connectivity index is 0.000000125. The van der Waals surface area contributed by atoms with Gasteiger partial charge in [0, 0.05) is 159 Å². The summed E-state index contributed by atoms with van der Waals surface area (Å²) in [5.41, 5.74) is 17.1. The standard InChI is InChI=1S/C17H12F3N2.C16H8F2N.C16H13N2.2C16H12NS.5Ir/c1-16(2)11-6-4-8-21-14(11)13-7-3-5-10-9-12(17(18,19)20)15(16)22(10)13;17-16(18)12-7-2-5-10-4-1-6-11(14(10)12)15-13(16)8-3-9-19-15;1-16(2)12-6-4-10-17-15(12)13-7-3-5-11-8-9-14(16)18(11)13;1-16(2)12-5-3-4-10-6-8-17-14(13(10)12)11-7-9-18-15(11)16;1-16(2)12-5-3-4-10-6-7-17-15(14(10)12)11-8-18-9-13(11)16;;;;;/h3-6,8-9H,1-2H3;1-5,7-9H;3-6,8-10H,1-2H3;3-6,8-9H,1-2H3;3-7,9H,1-2H3;;;;;/q5*-1;;;;;. The molecule has 13 heterocycles. The van der Waals surface area contributed by atoms with Crippen molar-refractivity contribution in [1.82, 2.24) is 33.7 Å². The average molecular weight is 2250 g/mol. The zero-order valence-corrected chi connectivity index (χ0v) is 68.2. The smallest absolute Gasteiger partial charge is 0.347 e. The number of benzene rings is 4. The first-order valence-corrected chi connectivity index (χ1v) is 33.0. The SMILES string of the molecule is CC1(C)c2cccnc2-c2[c-]ccc3cc(C(F)(F)F)c1n23.CC1(C)c2cccnc2-c2[c-]ccc3ccc1n23.CC1(C)c2cs[c-]c2-c2nccc3cccc1c23.CC1(C)c2sc[c-]c2-c2nccc3cccc1c23.FC1(F)c2cccnc2-c2[c-]ccc3cccc1c23.[Ir].[Ir].[Ir].[Ir].[Ir]. The molecular weight excluding hydrogens is 2190 g/mol. The molecule has 0 atom stereocenters. The predicted molar refractivity (Wildman–Crippen MR) is 369 cm³/mol. The van der Waals surface area contributed by atoms with E-state index in [1.54, 1.807) is 89.6 Å². The van der Waals surface area contributed by atoms with Crippen LogP contribution >= 0.6 is 22.7 Å². The number of hydrogen-bond acceptors (Lipinski definition) is 7. The second kappa shape index (κ2) is 27.4. The van der Waals surface area contributed by atoms with Crippen molar-refractivity contribution in [3.8, 4) is 56.5 Å². The molecule has 0 N–H and O–H groups in total. The Labute approximate surface area is 651 Å². The number of aromatic nitrogens is 7. The summed E-state index contributed by atoms with van der Waals surface area (Å²) in [6.45, 7) is 17.3. The molecule has 0 amide bonds. The number of fused-ring (bicyclic) bond motifs is 10. The molecule has 5 aliphatic rings. The van der Waals surface area contributed by atoms with Crippen LogP contribution in [0, 0.1) is 29.6 Å². The van der Waals surface area contributed by atoms with E-state index < -0.39 is 23.1 Å². The van der Waals surface area contributed by atoms with E-state index >= 15 is 0 Å². The van der Waals surface area contributed by atoms with Gasteiger partial charge in [-0.15, -0.1) is 57.8 Å². The number of halogens is 5. The number of rotatable bonds is 0. The van der Waals surface area contributed by atoms with Crippen LogP contribution in [0.1, 0.15) is 116 Å². The maximum atomic E-state index is 14.6. The molecule has 11 aromatic heterocycles. The maximum absolute atomic E-state index is 14.6. The maximum Gasteiger partial charge on any atom is 0.418 e. The Kier molecular flexibility index (Phi) is 20.4. The summed E-state index contributed by atoms with van der Waals surface area (Å²) < 4.78 is 73.6. The Bertz CT molecular complexity index is 5500. The van der Waals surface area contributed by atoms with Crippen LogP contribution in [0.25, 0.3) is 99.9 Å². The molecule has 20 rings (SSSR count). The molecule has 0 saturated heterocycles. The molecule has 5 radical (unpaired) electrons. The summed E-state index contributed by atoms with van der Waals surface area (Å²) in [5, 5.41) is 14.2. The van der Waals surface area contributed by atoms with Crippen LogP contribution in [0.3, 0.4) is 0 Å². The molecule has 3 aliphatic carbocycles. The molecule has 0 fully saturated rings. The Morgan fingerprint density at radius 3 is 1.54 bits per heavy atom. The zero-order chi connectivity index (χ0) is 65.7. The molecule has 7 nitrogen and oxygen atoms in total. The van der Waals surface area contributed by atoms with Gasteiger partial charge in [0.15, 0.2) is 0 Å². The first kappa shape index (κ1) is 74.4. The van der Waals surface area contributed by atoms with Gasteiger partial charge in [0.25, 0.3) is 5.92 Å². The van der Waals surface area contributed by atoms with E-state index in [9.17, 15) is 22.0 Å². The third-order valence-corrected chi connectivity index (χ3v) is 21.6. The molecule has 0 saturated carbocycles. The van der Waals surface area contributed by atoms with Gasteiger partial charge in [-0.05, 0) is 143 Å². The molecular formula is C81H57F5Ir5N7S2-5. The molecule has 0 unspecified atom stereocenters. The molecule has 19 heteroatoms. The van der Waals surface area contributed by atoms with Crippen LogP contribution in [0.15, 0.2) is 199 Å². The first-order valence-electron chi connectivity index (χ1n) is 31.2. The largest absolute Gasteiger partial charge is 0.418 e. The van der Waals surface area contributed by atoms with E-state index in [1.165, 1.54) is 95.4 Å². The minimum atomic E-state index is -4.39. The third kappa shape index (κ3) is 11.6. The van der Waals surface area contributed by atoms with Gasteiger partial charge in [-0.25, -0.2) is 11.3 Å². The number of nitrogens with zero attached hydrogens (tertiary/aromatic N) is 7. The van der Waals surface area contributed by atoms with Crippen LogP contribution in [0.5, 0.6) is 0 Å². The van der Waals surface area contributed by atoms with Crippen molar-refractivity contribution in [2.75, 3.05) is 0 Å². The van der Waals surface area contributed by atoms with E-state index in [0.717, 1.165) is 33.7 Å². The summed E-state index contributed by atoms with van der Waals surface area (Å²) >= 11 is 3.43. The van der Waals surface area contributed by atoms with Gasteiger partial charge in [0.05, 0.1) is 5.56 Å². The molecule has 0 bridgehead atoms. The van der Waals surface area contributed by atoms with Crippen LogP contribution in [0.2, 0.25) is 0 Å². The van der Waals surface area contributed by atoms with Crippen LogP contribution in [-0.2, 0) is 134 Å². The van der Waals surface area contributed by atoms with Crippen molar-refractivity contribution in [3.63, 3.8) is 0 Å². The number of hydrogen-bond donors (Lipinski definition) is 0. The molecule has 513 valence electrons. The molecule has 2 aliphatic heterocycles. The second-order valence-electron chi connectivity index (χ2n) is 26.5. The predicted octanol–water partition coefficient (Wildman–Crippen LogP) is 20.8. The fourth-order valence-corrected chi connectivity index (χ4v) is 17.0. The zero-order valence-electron chi connectivity index (χ0n) is 54.6. The number of thiophene rings is 2. The average Bonchev–Trinajstić information content (AvgIpc) is 1.37. The van der Waals surface area contributed by atoms with Gasteiger partial charge < -0.3 is 33.7 Å². The molecule has 4 aromatic carbocycles. The van der Waals surface area contributed by atoms with Crippen molar-refractivity contribution < 1.29 is 122 Å². The van der Waals surface area contributed by atoms with Crippen molar-refractivity contribution >= 4 is 66.0 Å². The van der Waals surface area contributed by atoms with Gasteiger partial charge in [-0.3, -0.25) is 11.3 Å². The van der Waals surface area contributed by atoms with Crippen LogP contribution in [0.4, 0.5) is 22.0 Å². The van der Waals surface area contributed by atoms with Crippen LogP contribution in [-0.4, -0.2) is 33.7 Å².